The van der Waals surface area contributed by atoms with Crippen LogP contribution >= 0.6 is 11.8 Å². The number of carboxylic acid groups (broad SMARTS) is 1. The van der Waals surface area contributed by atoms with Crippen LogP contribution in [-0.4, -0.2) is 59.2 Å². The largest absolute Gasteiger partial charge is 0.481 e. The highest BCUT2D eigenvalue weighted by Crippen LogP contribution is 2.20. The van der Waals surface area contributed by atoms with Gasteiger partial charge in [0.2, 0.25) is 5.91 Å². The van der Waals surface area contributed by atoms with Crippen molar-refractivity contribution in [3.63, 3.8) is 0 Å². The molecule has 1 unspecified atom stereocenters. The Morgan fingerprint density at radius 1 is 1.20 bits per heavy atom. The Morgan fingerprint density at radius 2 is 1.95 bits per heavy atom. The van der Waals surface area contributed by atoms with Crippen molar-refractivity contribution in [1.82, 2.24) is 4.90 Å². The molecule has 2 saturated heterocycles. The molecule has 0 aromatic rings. The molecular formula is C14H23NO4S. The number of carboxylic acids is 1. The van der Waals surface area contributed by atoms with E-state index in [4.69, 9.17) is 9.84 Å². The SMILES string of the molecule is O=C(O)C1CCN(C(=O)CSCC2CCCCO2)CC1. The summed E-state index contributed by atoms with van der Waals surface area (Å²) >= 11 is 1.64. The van der Waals surface area contributed by atoms with Crippen molar-refractivity contribution in [3.05, 3.63) is 0 Å². The Balaban J connectivity index is 1.61. The average Bonchev–Trinajstić information content (AvgIpc) is 2.48. The van der Waals surface area contributed by atoms with Crippen LogP contribution in [0.15, 0.2) is 0 Å². The van der Waals surface area contributed by atoms with Gasteiger partial charge in [-0.2, -0.15) is 0 Å². The normalized spacial score (nSPS) is 24.6. The van der Waals surface area contributed by atoms with Gasteiger partial charge < -0.3 is 14.7 Å². The van der Waals surface area contributed by atoms with Gasteiger partial charge >= 0.3 is 5.97 Å². The Hall–Kier alpha value is -0.750. The molecule has 6 heteroatoms. The van der Waals surface area contributed by atoms with E-state index in [0.717, 1.165) is 25.2 Å². The highest BCUT2D eigenvalue weighted by Gasteiger charge is 2.26. The number of amides is 1. The van der Waals surface area contributed by atoms with Gasteiger partial charge in [-0.25, -0.2) is 0 Å². The summed E-state index contributed by atoms with van der Waals surface area (Å²) in [5, 5.41) is 8.93. The molecule has 1 N–H and O–H groups in total. The zero-order valence-electron chi connectivity index (χ0n) is 11.8. The molecule has 0 aliphatic carbocycles. The van der Waals surface area contributed by atoms with E-state index in [1.54, 1.807) is 16.7 Å². The van der Waals surface area contributed by atoms with Crippen molar-refractivity contribution >= 4 is 23.6 Å². The second kappa shape index (κ2) is 7.88. The van der Waals surface area contributed by atoms with Crippen molar-refractivity contribution in [1.29, 1.82) is 0 Å². The zero-order valence-corrected chi connectivity index (χ0v) is 12.6. The lowest BCUT2D eigenvalue weighted by Crippen LogP contribution is -2.41. The van der Waals surface area contributed by atoms with Gasteiger partial charge in [-0.15, -0.1) is 11.8 Å². The Labute approximate surface area is 124 Å². The molecule has 5 nitrogen and oxygen atoms in total. The molecule has 0 aromatic carbocycles. The first-order chi connectivity index (χ1) is 9.66. The minimum atomic E-state index is -0.735. The minimum Gasteiger partial charge on any atom is -0.481 e. The van der Waals surface area contributed by atoms with Crippen LogP contribution in [0.1, 0.15) is 32.1 Å². The van der Waals surface area contributed by atoms with Crippen LogP contribution in [0.5, 0.6) is 0 Å². The van der Waals surface area contributed by atoms with Crippen molar-refractivity contribution in [2.45, 2.75) is 38.2 Å². The number of aliphatic carboxylic acids is 1. The quantitative estimate of drug-likeness (QED) is 0.835. The minimum absolute atomic E-state index is 0.134. The van der Waals surface area contributed by atoms with E-state index in [9.17, 15) is 9.59 Å². The van der Waals surface area contributed by atoms with Crippen molar-refractivity contribution in [3.8, 4) is 0 Å². The number of likely N-dealkylation sites (tertiary alicyclic amines) is 1. The summed E-state index contributed by atoms with van der Waals surface area (Å²) in [4.78, 5) is 24.7. The third-order valence-electron chi connectivity index (χ3n) is 4.00. The van der Waals surface area contributed by atoms with Gasteiger partial charge in [-0.1, -0.05) is 0 Å². The summed E-state index contributed by atoms with van der Waals surface area (Å²) in [7, 11) is 0. The maximum Gasteiger partial charge on any atom is 0.306 e. The van der Waals surface area contributed by atoms with E-state index in [-0.39, 0.29) is 11.8 Å². The molecule has 2 fully saturated rings. The lowest BCUT2D eigenvalue weighted by molar-refractivity contribution is -0.145. The van der Waals surface area contributed by atoms with E-state index in [1.807, 2.05) is 0 Å². The Bertz CT molecular complexity index is 336. The molecule has 2 heterocycles. The summed E-state index contributed by atoms with van der Waals surface area (Å²) in [5.41, 5.74) is 0. The maximum absolute atomic E-state index is 12.0. The van der Waals surface area contributed by atoms with E-state index < -0.39 is 5.97 Å². The number of carbonyl (C=O) groups excluding carboxylic acids is 1. The van der Waals surface area contributed by atoms with Crippen molar-refractivity contribution in [2.24, 2.45) is 5.92 Å². The lowest BCUT2D eigenvalue weighted by Gasteiger charge is -2.30. The summed E-state index contributed by atoms with van der Waals surface area (Å²) in [6, 6.07) is 0. The van der Waals surface area contributed by atoms with Gasteiger partial charge in [-0.05, 0) is 32.1 Å². The highest BCUT2D eigenvalue weighted by molar-refractivity contribution is 7.99. The smallest absolute Gasteiger partial charge is 0.306 e. The molecule has 2 aliphatic rings. The molecule has 1 atom stereocenters. The fourth-order valence-electron chi connectivity index (χ4n) is 2.68. The van der Waals surface area contributed by atoms with E-state index >= 15 is 0 Å². The van der Waals surface area contributed by atoms with Crippen LogP contribution in [-0.2, 0) is 14.3 Å². The van der Waals surface area contributed by atoms with Crippen LogP contribution in [0.3, 0.4) is 0 Å². The summed E-state index contributed by atoms with van der Waals surface area (Å²) < 4.78 is 5.63. The Morgan fingerprint density at radius 3 is 2.55 bits per heavy atom. The van der Waals surface area contributed by atoms with E-state index in [2.05, 4.69) is 0 Å². The van der Waals surface area contributed by atoms with E-state index in [1.165, 1.54) is 6.42 Å². The number of thioether (sulfide) groups is 1. The van der Waals surface area contributed by atoms with Gasteiger partial charge in [0.05, 0.1) is 17.8 Å². The predicted octanol–water partition coefficient (Wildman–Crippen LogP) is 1.61. The molecule has 0 spiro atoms. The van der Waals surface area contributed by atoms with Gasteiger partial charge in [-0.3, -0.25) is 9.59 Å². The number of nitrogens with zero attached hydrogens (tertiary/aromatic N) is 1. The lowest BCUT2D eigenvalue weighted by atomic mass is 9.97. The standard InChI is InChI=1S/C14H23NO4S/c16-13(10-20-9-12-3-1-2-8-19-12)15-6-4-11(5-7-15)14(17)18/h11-12H,1-10H2,(H,17,18). The van der Waals surface area contributed by atoms with Crippen LogP contribution in [0.2, 0.25) is 0 Å². The summed E-state index contributed by atoms with van der Waals surface area (Å²) in [6.45, 7) is 2.01. The molecule has 0 radical (unpaired) electrons. The van der Waals surface area contributed by atoms with Crippen LogP contribution < -0.4 is 0 Å². The second-order valence-corrected chi connectivity index (χ2v) is 6.53. The first-order valence-electron chi connectivity index (χ1n) is 7.36. The number of hydrogen-bond donors (Lipinski definition) is 1. The van der Waals surface area contributed by atoms with Crippen LogP contribution in [0.25, 0.3) is 0 Å². The third kappa shape index (κ3) is 4.66. The zero-order chi connectivity index (χ0) is 14.4. The molecule has 1 amide bonds. The third-order valence-corrected chi connectivity index (χ3v) is 5.06. The molecule has 114 valence electrons. The molecule has 2 aliphatic heterocycles. The van der Waals surface area contributed by atoms with Gasteiger partial charge in [0.1, 0.15) is 0 Å². The number of ether oxygens (including phenoxy) is 1. The van der Waals surface area contributed by atoms with Gasteiger partial charge in [0.25, 0.3) is 0 Å². The molecule has 20 heavy (non-hydrogen) atoms. The number of carbonyl (C=O) groups is 2. The summed E-state index contributed by atoms with van der Waals surface area (Å²) in [5.74, 6) is 0.493. The van der Waals surface area contributed by atoms with Crippen molar-refractivity contribution < 1.29 is 19.4 Å². The van der Waals surface area contributed by atoms with Crippen LogP contribution in [0, 0.1) is 5.92 Å². The fourth-order valence-corrected chi connectivity index (χ4v) is 3.68. The van der Waals surface area contributed by atoms with Gasteiger partial charge in [0.15, 0.2) is 0 Å². The van der Waals surface area contributed by atoms with Crippen molar-refractivity contribution in [2.75, 3.05) is 31.2 Å². The average molecular weight is 301 g/mol. The molecule has 2 rings (SSSR count). The van der Waals surface area contributed by atoms with Gasteiger partial charge in [0, 0.05) is 25.4 Å². The number of hydrogen-bond acceptors (Lipinski definition) is 4. The molecular weight excluding hydrogens is 278 g/mol. The monoisotopic (exact) mass is 301 g/mol. The van der Waals surface area contributed by atoms with Crippen LogP contribution in [0.4, 0.5) is 0 Å². The first-order valence-corrected chi connectivity index (χ1v) is 8.52. The predicted molar refractivity (Wildman–Crippen MR) is 77.9 cm³/mol. The number of rotatable bonds is 5. The fraction of sp³-hybridized carbons (Fsp3) is 0.857. The maximum atomic E-state index is 12.0. The molecule has 0 aromatic heterocycles. The van der Waals surface area contributed by atoms with E-state index in [0.29, 0.717) is 37.8 Å². The topological polar surface area (TPSA) is 66.8 Å². The summed E-state index contributed by atoms with van der Waals surface area (Å²) in [6.07, 6.45) is 4.94. The second-order valence-electron chi connectivity index (χ2n) is 5.50. The highest BCUT2D eigenvalue weighted by atomic mass is 32.2. The Kier molecular flexibility index (Phi) is 6.16. The number of piperidine rings is 1. The molecule has 0 saturated carbocycles. The first kappa shape index (κ1) is 15.6. The molecule has 0 bridgehead atoms.